The van der Waals surface area contributed by atoms with Gasteiger partial charge in [-0.3, -0.25) is 0 Å². The molecule has 0 aliphatic heterocycles. The molecule has 0 aliphatic rings. The maximum absolute atomic E-state index is 2.73. The zero-order valence-corrected chi connectivity index (χ0v) is 7.68. The molecule has 0 aromatic rings. The zero-order chi connectivity index (χ0) is 4.83. The summed E-state index contributed by atoms with van der Waals surface area (Å²) >= 11 is 0. The first kappa shape index (κ1) is 10.8. The van der Waals surface area contributed by atoms with Crippen LogP contribution in [0.4, 0.5) is 0 Å². The summed E-state index contributed by atoms with van der Waals surface area (Å²) in [6.07, 6.45) is 5.38. The SMILES string of the molecule is CCCCCP.P. The molecule has 7 heavy (non-hydrogen) atoms. The van der Waals surface area contributed by atoms with Crippen molar-refractivity contribution < 1.29 is 0 Å². The van der Waals surface area contributed by atoms with Crippen LogP contribution in [-0.4, -0.2) is 6.16 Å². The fourth-order valence-corrected chi connectivity index (χ4v) is 0.683. The summed E-state index contributed by atoms with van der Waals surface area (Å²) in [4.78, 5) is 0. The summed E-state index contributed by atoms with van der Waals surface area (Å²) in [5, 5.41) is 0. The second-order valence-electron chi connectivity index (χ2n) is 1.50. The van der Waals surface area contributed by atoms with Crippen LogP contribution in [0.2, 0.25) is 0 Å². The molecule has 0 bridgehead atoms. The van der Waals surface area contributed by atoms with Crippen LogP contribution in [0.5, 0.6) is 0 Å². The van der Waals surface area contributed by atoms with Gasteiger partial charge in [0.05, 0.1) is 0 Å². The summed E-state index contributed by atoms with van der Waals surface area (Å²) < 4.78 is 0. The average molecular weight is 138 g/mol. The smallest absolute Gasteiger partial charge is 0.0381 e. The number of hydrogen-bond acceptors (Lipinski definition) is 0. The Bertz CT molecular complexity index is 18.0. The number of unbranched alkanes of at least 4 members (excludes halogenated alkanes) is 2. The molecular weight excluding hydrogens is 122 g/mol. The van der Waals surface area contributed by atoms with Crippen molar-refractivity contribution in [1.82, 2.24) is 0 Å². The van der Waals surface area contributed by atoms with Crippen molar-refractivity contribution in [2.24, 2.45) is 0 Å². The lowest BCUT2D eigenvalue weighted by Crippen LogP contribution is -1.70. The normalized spacial score (nSPS) is 7.71. The second kappa shape index (κ2) is 9.97. The molecule has 0 aromatic carbocycles. The van der Waals surface area contributed by atoms with E-state index in [-0.39, 0.29) is 9.90 Å². The van der Waals surface area contributed by atoms with Gasteiger partial charge in [-0.1, -0.05) is 19.8 Å². The van der Waals surface area contributed by atoms with Crippen LogP contribution in [0.25, 0.3) is 0 Å². The van der Waals surface area contributed by atoms with Crippen LogP contribution in [-0.2, 0) is 0 Å². The van der Waals surface area contributed by atoms with E-state index >= 15 is 0 Å². The van der Waals surface area contributed by atoms with Gasteiger partial charge < -0.3 is 0 Å². The van der Waals surface area contributed by atoms with Crippen molar-refractivity contribution in [1.29, 1.82) is 0 Å². The zero-order valence-electron chi connectivity index (χ0n) is 5.11. The Morgan fingerprint density at radius 2 is 1.86 bits per heavy atom. The lowest BCUT2D eigenvalue weighted by Gasteiger charge is -1.86. The first-order valence-corrected chi connectivity index (χ1v) is 3.43. The molecule has 0 saturated carbocycles. The Morgan fingerprint density at radius 3 is 2.00 bits per heavy atom. The van der Waals surface area contributed by atoms with E-state index in [0.29, 0.717) is 0 Å². The Kier molecular flexibility index (Phi) is 15.3. The third-order valence-electron chi connectivity index (χ3n) is 0.808. The first-order valence-electron chi connectivity index (χ1n) is 2.62. The standard InChI is InChI=1S/C5H13P.H3P/c1-2-3-4-5-6;/h2-6H2,1H3;1H3. The largest absolute Gasteiger partial charge is 0.153 e. The Morgan fingerprint density at radius 1 is 1.29 bits per heavy atom. The van der Waals surface area contributed by atoms with Crippen LogP contribution in [0.1, 0.15) is 26.2 Å². The van der Waals surface area contributed by atoms with Crippen LogP contribution in [0.3, 0.4) is 0 Å². The van der Waals surface area contributed by atoms with Gasteiger partial charge in [0.2, 0.25) is 0 Å². The van der Waals surface area contributed by atoms with Crippen molar-refractivity contribution in [2.45, 2.75) is 26.2 Å². The molecule has 2 atom stereocenters. The first-order chi connectivity index (χ1) is 2.91. The molecule has 46 valence electrons. The van der Waals surface area contributed by atoms with E-state index in [9.17, 15) is 0 Å². The molecular formula is C5H16P2. The minimum atomic E-state index is 0. The second-order valence-corrected chi connectivity index (χ2v) is 2.07. The van der Waals surface area contributed by atoms with E-state index in [0.717, 1.165) is 0 Å². The topological polar surface area (TPSA) is 0 Å². The highest BCUT2D eigenvalue weighted by molar-refractivity contribution is 7.16. The Hall–Kier alpha value is 0.860. The summed E-state index contributed by atoms with van der Waals surface area (Å²) in [7, 11) is 2.73. The molecule has 2 unspecified atom stereocenters. The van der Waals surface area contributed by atoms with Gasteiger partial charge in [0.25, 0.3) is 0 Å². The van der Waals surface area contributed by atoms with Gasteiger partial charge in [-0.05, 0) is 12.6 Å². The summed E-state index contributed by atoms with van der Waals surface area (Å²) in [6, 6.07) is 0. The quantitative estimate of drug-likeness (QED) is 0.414. The number of hydrogen-bond donors (Lipinski definition) is 0. The van der Waals surface area contributed by atoms with E-state index in [2.05, 4.69) is 16.2 Å². The van der Waals surface area contributed by atoms with Gasteiger partial charge >= 0.3 is 0 Å². The molecule has 0 heterocycles. The fraction of sp³-hybridized carbons (Fsp3) is 1.00. The van der Waals surface area contributed by atoms with E-state index < -0.39 is 0 Å². The molecule has 0 rings (SSSR count). The molecule has 0 radical (unpaired) electrons. The van der Waals surface area contributed by atoms with Crippen molar-refractivity contribution in [2.75, 3.05) is 6.16 Å². The maximum Gasteiger partial charge on any atom is -0.0381 e. The summed E-state index contributed by atoms with van der Waals surface area (Å²) in [5.41, 5.74) is 0. The highest BCUT2D eigenvalue weighted by Gasteiger charge is 1.75. The lowest BCUT2D eigenvalue weighted by molar-refractivity contribution is 0.779. The third-order valence-corrected chi connectivity index (χ3v) is 1.22. The molecule has 0 fully saturated rings. The molecule has 0 N–H and O–H groups in total. The average Bonchev–Trinajstić information content (AvgIpc) is 1.61. The molecule has 2 heteroatoms. The van der Waals surface area contributed by atoms with Gasteiger partial charge in [0.15, 0.2) is 0 Å². The van der Waals surface area contributed by atoms with Crippen LogP contribution < -0.4 is 0 Å². The van der Waals surface area contributed by atoms with Crippen molar-refractivity contribution in [3.05, 3.63) is 0 Å². The van der Waals surface area contributed by atoms with Gasteiger partial charge in [-0.25, -0.2) is 0 Å². The van der Waals surface area contributed by atoms with Crippen LogP contribution >= 0.6 is 19.1 Å². The number of rotatable bonds is 3. The van der Waals surface area contributed by atoms with Crippen molar-refractivity contribution in [3.8, 4) is 0 Å². The summed E-state index contributed by atoms with van der Waals surface area (Å²) in [5.74, 6) is 0. The van der Waals surface area contributed by atoms with Crippen LogP contribution in [0, 0.1) is 0 Å². The Labute approximate surface area is 52.3 Å². The molecule has 0 saturated heterocycles. The molecule has 0 amide bonds. The molecule has 0 nitrogen and oxygen atoms in total. The molecule has 0 spiro atoms. The van der Waals surface area contributed by atoms with E-state index in [1.165, 1.54) is 25.4 Å². The van der Waals surface area contributed by atoms with Gasteiger partial charge in [0, 0.05) is 0 Å². The highest BCUT2D eigenvalue weighted by atomic mass is 31.0. The molecule has 0 aliphatic carbocycles. The van der Waals surface area contributed by atoms with Gasteiger partial charge in [-0.15, -0.1) is 9.24 Å². The Balaban J connectivity index is 0. The van der Waals surface area contributed by atoms with Crippen molar-refractivity contribution >= 4 is 19.1 Å². The highest BCUT2D eigenvalue weighted by Crippen LogP contribution is 1.95. The van der Waals surface area contributed by atoms with E-state index in [1.54, 1.807) is 0 Å². The van der Waals surface area contributed by atoms with Gasteiger partial charge in [-0.2, -0.15) is 9.90 Å². The monoisotopic (exact) mass is 138 g/mol. The predicted octanol–water partition coefficient (Wildman–Crippen LogP) is 2.11. The minimum absolute atomic E-state index is 0. The lowest BCUT2D eigenvalue weighted by atomic mass is 10.3. The maximum atomic E-state index is 2.73. The predicted molar refractivity (Wildman–Crippen MR) is 45.2 cm³/mol. The van der Waals surface area contributed by atoms with E-state index in [4.69, 9.17) is 0 Å². The minimum Gasteiger partial charge on any atom is -0.153 e. The summed E-state index contributed by atoms with van der Waals surface area (Å²) in [6.45, 7) is 2.22. The van der Waals surface area contributed by atoms with Gasteiger partial charge in [0.1, 0.15) is 0 Å². The molecule has 0 aromatic heterocycles. The fourth-order valence-electron chi connectivity index (χ4n) is 0.394. The van der Waals surface area contributed by atoms with Crippen molar-refractivity contribution in [3.63, 3.8) is 0 Å². The third kappa shape index (κ3) is 10.9. The van der Waals surface area contributed by atoms with E-state index in [1.807, 2.05) is 0 Å². The van der Waals surface area contributed by atoms with Crippen LogP contribution in [0.15, 0.2) is 0 Å².